The van der Waals surface area contributed by atoms with E-state index in [1.807, 2.05) is 35.2 Å². The van der Waals surface area contributed by atoms with Crippen LogP contribution in [-0.2, 0) is 6.54 Å². The van der Waals surface area contributed by atoms with Gasteiger partial charge in [0.1, 0.15) is 0 Å². The predicted octanol–water partition coefficient (Wildman–Crippen LogP) is 1.29. The highest BCUT2D eigenvalue weighted by Crippen LogP contribution is 2.29. The van der Waals surface area contributed by atoms with Crippen molar-refractivity contribution in [2.45, 2.75) is 37.9 Å². The number of hydrogen-bond donors (Lipinski definition) is 1. The predicted molar refractivity (Wildman–Crippen MR) is 86.0 cm³/mol. The van der Waals surface area contributed by atoms with E-state index < -0.39 is 0 Å². The van der Waals surface area contributed by atoms with Gasteiger partial charge in [-0.25, -0.2) is 4.68 Å². The molecule has 2 bridgehead atoms. The van der Waals surface area contributed by atoms with E-state index in [4.69, 9.17) is 0 Å². The zero-order chi connectivity index (χ0) is 15.6. The van der Waals surface area contributed by atoms with Crippen molar-refractivity contribution in [1.29, 1.82) is 0 Å². The highest BCUT2D eigenvalue weighted by Gasteiger charge is 2.39. The second kappa shape index (κ2) is 6.12. The Morgan fingerprint density at radius 2 is 2.00 bits per heavy atom. The summed E-state index contributed by atoms with van der Waals surface area (Å²) in [6.07, 6.45) is 4.99. The number of nitrogens with one attached hydrogen (secondary N) is 1. The standard InChI is InChI=1S/C17H21N5O/c23-17(22-14-6-7-15(22)10-18-9-8-14)16-12-21(20-19-16)11-13-4-2-1-3-5-13/h1-5,12,14-15,18H,6-11H2. The largest absolute Gasteiger partial charge is 0.330 e. The van der Waals surface area contributed by atoms with Crippen LogP contribution in [0, 0.1) is 0 Å². The Labute approximate surface area is 135 Å². The van der Waals surface area contributed by atoms with E-state index in [1.54, 1.807) is 10.9 Å². The number of rotatable bonds is 3. The summed E-state index contributed by atoms with van der Waals surface area (Å²) in [5.41, 5.74) is 1.61. The molecule has 23 heavy (non-hydrogen) atoms. The quantitative estimate of drug-likeness (QED) is 0.928. The van der Waals surface area contributed by atoms with Gasteiger partial charge in [0, 0.05) is 18.6 Å². The topological polar surface area (TPSA) is 63.1 Å². The third-order valence-corrected chi connectivity index (χ3v) is 4.83. The van der Waals surface area contributed by atoms with Gasteiger partial charge in [-0.2, -0.15) is 0 Å². The SMILES string of the molecule is O=C(c1cn(Cc2ccccc2)nn1)N1C2CCNCC1CC2. The van der Waals surface area contributed by atoms with Gasteiger partial charge >= 0.3 is 0 Å². The number of carbonyl (C=O) groups excluding carboxylic acids is 1. The lowest BCUT2D eigenvalue weighted by atomic mass is 10.1. The monoisotopic (exact) mass is 311 g/mol. The molecule has 2 aromatic rings. The lowest BCUT2D eigenvalue weighted by Gasteiger charge is -2.26. The highest BCUT2D eigenvalue weighted by molar-refractivity contribution is 5.92. The van der Waals surface area contributed by atoms with Crippen LogP contribution < -0.4 is 5.32 Å². The van der Waals surface area contributed by atoms with Crippen LogP contribution in [-0.4, -0.2) is 51.0 Å². The minimum atomic E-state index is 0.0283. The molecule has 2 saturated heterocycles. The number of nitrogens with zero attached hydrogens (tertiary/aromatic N) is 4. The molecule has 2 atom stereocenters. The zero-order valence-electron chi connectivity index (χ0n) is 13.1. The Bertz CT molecular complexity index is 669. The van der Waals surface area contributed by atoms with Crippen LogP contribution in [0.4, 0.5) is 0 Å². The maximum Gasteiger partial charge on any atom is 0.276 e. The van der Waals surface area contributed by atoms with Gasteiger partial charge in [-0.3, -0.25) is 4.79 Å². The van der Waals surface area contributed by atoms with Crippen molar-refractivity contribution < 1.29 is 4.79 Å². The van der Waals surface area contributed by atoms with Gasteiger partial charge in [-0.15, -0.1) is 5.10 Å². The summed E-state index contributed by atoms with van der Waals surface area (Å²) < 4.78 is 1.74. The summed E-state index contributed by atoms with van der Waals surface area (Å²) in [6, 6.07) is 10.7. The van der Waals surface area contributed by atoms with E-state index in [2.05, 4.69) is 15.6 Å². The molecule has 6 nitrogen and oxygen atoms in total. The first-order valence-corrected chi connectivity index (χ1v) is 8.29. The first-order valence-electron chi connectivity index (χ1n) is 8.29. The van der Waals surface area contributed by atoms with Gasteiger partial charge in [0.25, 0.3) is 5.91 Å². The van der Waals surface area contributed by atoms with Gasteiger partial charge in [-0.1, -0.05) is 35.5 Å². The van der Waals surface area contributed by atoms with E-state index in [1.165, 1.54) is 0 Å². The number of hydrogen-bond acceptors (Lipinski definition) is 4. The molecule has 0 radical (unpaired) electrons. The van der Waals surface area contributed by atoms with Crippen LogP contribution in [0.15, 0.2) is 36.5 Å². The number of fused-ring (bicyclic) bond motifs is 2. The number of aromatic nitrogens is 3. The maximum absolute atomic E-state index is 12.9. The fourth-order valence-corrected chi connectivity index (χ4v) is 3.69. The molecule has 2 fully saturated rings. The number of benzene rings is 1. The second-order valence-electron chi connectivity index (χ2n) is 6.38. The third kappa shape index (κ3) is 2.86. The van der Waals surface area contributed by atoms with Crippen LogP contribution in [0.1, 0.15) is 35.3 Å². The normalized spacial score (nSPS) is 23.7. The summed E-state index contributed by atoms with van der Waals surface area (Å²) in [4.78, 5) is 14.9. The van der Waals surface area contributed by atoms with Crippen molar-refractivity contribution >= 4 is 5.91 Å². The second-order valence-corrected chi connectivity index (χ2v) is 6.38. The maximum atomic E-state index is 12.9. The molecule has 1 aromatic carbocycles. The molecule has 0 aliphatic carbocycles. The molecule has 0 saturated carbocycles. The van der Waals surface area contributed by atoms with E-state index in [9.17, 15) is 4.79 Å². The fourth-order valence-electron chi connectivity index (χ4n) is 3.69. The summed E-state index contributed by atoms with van der Waals surface area (Å²) in [7, 11) is 0. The molecule has 1 N–H and O–H groups in total. The van der Waals surface area contributed by atoms with E-state index in [0.29, 0.717) is 24.3 Å². The van der Waals surface area contributed by atoms with Gasteiger partial charge in [0.05, 0.1) is 12.7 Å². The lowest BCUT2D eigenvalue weighted by Crippen LogP contribution is -2.42. The first kappa shape index (κ1) is 14.4. The summed E-state index contributed by atoms with van der Waals surface area (Å²) in [5, 5.41) is 11.7. The molecule has 120 valence electrons. The zero-order valence-corrected chi connectivity index (χ0v) is 13.1. The Kier molecular flexibility index (Phi) is 3.83. The average molecular weight is 311 g/mol. The smallest absolute Gasteiger partial charge is 0.276 e. The lowest BCUT2D eigenvalue weighted by molar-refractivity contribution is 0.0674. The third-order valence-electron chi connectivity index (χ3n) is 4.83. The van der Waals surface area contributed by atoms with Crippen LogP contribution in [0.5, 0.6) is 0 Å². The Morgan fingerprint density at radius 1 is 1.17 bits per heavy atom. The fraction of sp³-hybridized carbons (Fsp3) is 0.471. The number of amides is 1. The number of carbonyl (C=O) groups is 1. The molecule has 2 unspecified atom stereocenters. The van der Waals surface area contributed by atoms with Crippen molar-refractivity contribution in [3.63, 3.8) is 0 Å². The molecule has 2 aliphatic rings. The van der Waals surface area contributed by atoms with Crippen LogP contribution in [0.2, 0.25) is 0 Å². The van der Waals surface area contributed by atoms with Crippen molar-refractivity contribution in [2.75, 3.05) is 13.1 Å². The highest BCUT2D eigenvalue weighted by atomic mass is 16.2. The van der Waals surface area contributed by atoms with Crippen LogP contribution in [0.25, 0.3) is 0 Å². The molecule has 0 spiro atoms. The molecule has 4 rings (SSSR count). The van der Waals surface area contributed by atoms with Crippen molar-refractivity contribution in [1.82, 2.24) is 25.2 Å². The van der Waals surface area contributed by atoms with Gasteiger partial charge in [0.2, 0.25) is 0 Å². The van der Waals surface area contributed by atoms with Crippen LogP contribution >= 0.6 is 0 Å². The molecule has 6 heteroatoms. The van der Waals surface area contributed by atoms with E-state index >= 15 is 0 Å². The van der Waals surface area contributed by atoms with E-state index in [0.717, 1.165) is 37.9 Å². The molecular formula is C17H21N5O. The molecular weight excluding hydrogens is 290 g/mol. The van der Waals surface area contributed by atoms with Crippen LogP contribution in [0.3, 0.4) is 0 Å². The van der Waals surface area contributed by atoms with Gasteiger partial charge < -0.3 is 10.2 Å². The molecule has 1 aromatic heterocycles. The first-order chi connectivity index (χ1) is 11.3. The molecule has 1 amide bonds. The summed E-state index contributed by atoms with van der Waals surface area (Å²) in [6.45, 7) is 2.52. The summed E-state index contributed by atoms with van der Waals surface area (Å²) in [5.74, 6) is 0.0283. The van der Waals surface area contributed by atoms with Gasteiger partial charge in [-0.05, 0) is 31.4 Å². The van der Waals surface area contributed by atoms with Crippen molar-refractivity contribution in [2.24, 2.45) is 0 Å². The Hall–Kier alpha value is -2.21. The minimum absolute atomic E-state index is 0.0283. The molecule has 2 aliphatic heterocycles. The Balaban J connectivity index is 1.51. The summed E-state index contributed by atoms with van der Waals surface area (Å²) >= 11 is 0. The van der Waals surface area contributed by atoms with Gasteiger partial charge in [0.15, 0.2) is 5.69 Å². The average Bonchev–Trinajstić information content (AvgIpc) is 3.11. The minimum Gasteiger partial charge on any atom is -0.330 e. The molecule has 3 heterocycles. The Morgan fingerprint density at radius 3 is 2.87 bits per heavy atom. The van der Waals surface area contributed by atoms with E-state index in [-0.39, 0.29) is 5.91 Å². The van der Waals surface area contributed by atoms with Crippen molar-refractivity contribution in [3.8, 4) is 0 Å². The van der Waals surface area contributed by atoms with Crippen molar-refractivity contribution in [3.05, 3.63) is 47.8 Å².